The van der Waals surface area contributed by atoms with Crippen molar-refractivity contribution in [2.24, 2.45) is 0 Å². The Morgan fingerprint density at radius 1 is 0.373 bits per heavy atom. The number of anilines is 4. The standard InChI is InChI=1S/C33H35N.C32H33N/c1-7-26-30(22-21-29-31(26)27-15-11-12-16-28(27)33(29,5)6)34(32(2,3)4)25-19-17-24(18-20-25)23-13-9-8-10-14-23;1-22-29(21-20-28-30(22)26-14-10-11-15-27(26)32(28,5)6)33(31(2,3)4)25-18-16-24(17-19-25)23-12-8-7-9-13-23/h8-22H,7H2,1-6H3;7-21H,1-6H3. The van der Waals surface area contributed by atoms with Crippen molar-refractivity contribution in [2.75, 3.05) is 9.80 Å². The van der Waals surface area contributed by atoms with Gasteiger partial charge in [0.15, 0.2) is 0 Å². The van der Waals surface area contributed by atoms with Gasteiger partial charge < -0.3 is 9.80 Å². The fourth-order valence-electron chi connectivity index (χ4n) is 11.3. The second-order valence-corrected chi connectivity index (χ2v) is 21.7. The van der Waals surface area contributed by atoms with Crippen LogP contribution in [0.2, 0.25) is 0 Å². The molecule has 338 valence electrons. The van der Waals surface area contributed by atoms with E-state index in [4.69, 9.17) is 0 Å². The zero-order valence-electron chi connectivity index (χ0n) is 41.9. The van der Waals surface area contributed by atoms with Gasteiger partial charge in [0, 0.05) is 44.7 Å². The van der Waals surface area contributed by atoms with E-state index in [0.29, 0.717) is 0 Å². The lowest BCUT2D eigenvalue weighted by molar-refractivity contribution is 0.558. The van der Waals surface area contributed by atoms with Gasteiger partial charge >= 0.3 is 0 Å². The van der Waals surface area contributed by atoms with Crippen molar-refractivity contribution in [3.05, 3.63) is 215 Å². The molecule has 10 rings (SSSR count). The largest absolute Gasteiger partial charge is 0.336 e. The first-order valence-corrected chi connectivity index (χ1v) is 24.3. The highest BCUT2D eigenvalue weighted by atomic mass is 15.2. The number of fused-ring (bicyclic) bond motifs is 6. The molecule has 2 aliphatic carbocycles. The molecule has 0 unspecified atom stereocenters. The summed E-state index contributed by atoms with van der Waals surface area (Å²) in [6.45, 7) is 27.8. The highest BCUT2D eigenvalue weighted by Crippen LogP contribution is 2.54. The molecule has 0 heterocycles. The van der Waals surface area contributed by atoms with Crippen molar-refractivity contribution < 1.29 is 0 Å². The summed E-state index contributed by atoms with van der Waals surface area (Å²) in [6.07, 6.45) is 0.998. The van der Waals surface area contributed by atoms with E-state index >= 15 is 0 Å². The summed E-state index contributed by atoms with van der Waals surface area (Å²) in [4.78, 5) is 5.01. The normalized spacial score (nSPS) is 14.0. The maximum absolute atomic E-state index is 2.52. The molecule has 0 fully saturated rings. The molecule has 0 spiro atoms. The second-order valence-electron chi connectivity index (χ2n) is 21.7. The summed E-state index contributed by atoms with van der Waals surface area (Å²) >= 11 is 0. The average Bonchev–Trinajstić information content (AvgIpc) is 3.70. The molecule has 0 atom stereocenters. The Morgan fingerprint density at radius 2 is 0.731 bits per heavy atom. The Kier molecular flexibility index (Phi) is 11.7. The summed E-state index contributed by atoms with van der Waals surface area (Å²) < 4.78 is 0. The summed E-state index contributed by atoms with van der Waals surface area (Å²) in [5, 5.41) is 0. The van der Waals surface area contributed by atoms with Gasteiger partial charge in [-0.15, -0.1) is 0 Å². The minimum absolute atomic E-state index is 0.0261. The van der Waals surface area contributed by atoms with Crippen LogP contribution in [-0.4, -0.2) is 11.1 Å². The summed E-state index contributed by atoms with van der Waals surface area (Å²) in [5.41, 5.74) is 24.1. The van der Waals surface area contributed by atoms with Gasteiger partial charge in [0.05, 0.1) is 0 Å². The second kappa shape index (κ2) is 17.2. The van der Waals surface area contributed by atoms with Crippen molar-refractivity contribution in [3.8, 4) is 44.5 Å². The maximum Gasteiger partial charge on any atom is 0.0454 e. The van der Waals surface area contributed by atoms with Crippen LogP contribution in [0.25, 0.3) is 44.5 Å². The third-order valence-corrected chi connectivity index (χ3v) is 14.5. The van der Waals surface area contributed by atoms with E-state index in [9.17, 15) is 0 Å². The molecule has 0 bridgehead atoms. The number of hydrogen-bond acceptors (Lipinski definition) is 2. The predicted molar refractivity (Wildman–Crippen MR) is 290 cm³/mol. The lowest BCUT2D eigenvalue weighted by Gasteiger charge is -2.40. The molecule has 0 aromatic heterocycles. The summed E-state index contributed by atoms with van der Waals surface area (Å²) in [7, 11) is 0. The molecule has 2 aliphatic rings. The first kappa shape index (κ1) is 45.5. The molecule has 0 aliphatic heterocycles. The molecular formula is C65H68N2. The van der Waals surface area contributed by atoms with Gasteiger partial charge in [-0.2, -0.15) is 0 Å². The molecule has 2 nitrogen and oxygen atoms in total. The van der Waals surface area contributed by atoms with Gasteiger partial charge in [-0.05, 0) is 169 Å². The van der Waals surface area contributed by atoms with Gasteiger partial charge in [-0.1, -0.05) is 180 Å². The van der Waals surface area contributed by atoms with Crippen LogP contribution in [0.15, 0.2) is 182 Å². The zero-order valence-corrected chi connectivity index (χ0v) is 41.9. The number of nitrogens with zero attached hydrogens (tertiary/aromatic N) is 2. The fourth-order valence-corrected chi connectivity index (χ4v) is 11.3. The molecule has 8 aromatic carbocycles. The van der Waals surface area contributed by atoms with Crippen molar-refractivity contribution in [1.82, 2.24) is 0 Å². The van der Waals surface area contributed by atoms with Gasteiger partial charge in [0.25, 0.3) is 0 Å². The minimum Gasteiger partial charge on any atom is -0.336 e. The Morgan fingerprint density at radius 3 is 1.16 bits per heavy atom. The molecule has 0 amide bonds. The van der Waals surface area contributed by atoms with E-state index in [-0.39, 0.29) is 21.9 Å². The van der Waals surface area contributed by atoms with E-state index in [2.05, 4.69) is 275 Å². The van der Waals surface area contributed by atoms with Crippen LogP contribution in [-0.2, 0) is 17.3 Å². The highest BCUT2D eigenvalue weighted by molar-refractivity contribution is 5.90. The summed E-state index contributed by atoms with van der Waals surface area (Å²) in [5.74, 6) is 0. The van der Waals surface area contributed by atoms with Crippen molar-refractivity contribution in [1.29, 1.82) is 0 Å². The van der Waals surface area contributed by atoms with Gasteiger partial charge in [0.2, 0.25) is 0 Å². The van der Waals surface area contributed by atoms with Crippen LogP contribution in [0.5, 0.6) is 0 Å². The molecular weight excluding hydrogens is 809 g/mol. The van der Waals surface area contributed by atoms with Gasteiger partial charge in [0.1, 0.15) is 0 Å². The number of hydrogen-bond donors (Lipinski definition) is 0. The fraction of sp³-hybridized carbons (Fsp3) is 0.262. The highest BCUT2D eigenvalue weighted by Gasteiger charge is 2.40. The molecule has 0 N–H and O–H groups in total. The van der Waals surface area contributed by atoms with Gasteiger partial charge in [-0.25, -0.2) is 0 Å². The smallest absolute Gasteiger partial charge is 0.0454 e. The lowest BCUT2D eigenvalue weighted by Crippen LogP contribution is -2.38. The Bertz CT molecular complexity index is 3050. The van der Waals surface area contributed by atoms with Crippen molar-refractivity contribution in [3.63, 3.8) is 0 Å². The SMILES string of the molecule is CCc1c(N(c2ccc(-c3ccccc3)cc2)C(C)(C)C)ccc2c1-c1ccccc1C2(C)C.Cc1c(N(c2ccc(-c3ccccc3)cc2)C(C)(C)C)ccc2c1-c1ccccc1C2(C)C. The third kappa shape index (κ3) is 8.09. The minimum atomic E-state index is -0.0694. The molecule has 0 saturated carbocycles. The lowest BCUT2D eigenvalue weighted by atomic mass is 9.82. The van der Waals surface area contributed by atoms with E-state index in [1.54, 1.807) is 0 Å². The van der Waals surface area contributed by atoms with Crippen LogP contribution < -0.4 is 9.80 Å². The van der Waals surface area contributed by atoms with Crippen molar-refractivity contribution >= 4 is 22.7 Å². The monoisotopic (exact) mass is 877 g/mol. The van der Waals surface area contributed by atoms with E-state index < -0.39 is 0 Å². The number of rotatable bonds is 7. The van der Waals surface area contributed by atoms with Crippen LogP contribution in [0.3, 0.4) is 0 Å². The Hall–Kier alpha value is -6.64. The molecule has 67 heavy (non-hydrogen) atoms. The Labute approximate surface area is 402 Å². The topological polar surface area (TPSA) is 6.48 Å². The quantitative estimate of drug-likeness (QED) is 0.157. The predicted octanol–water partition coefficient (Wildman–Crippen LogP) is 18.1. The van der Waals surface area contributed by atoms with Gasteiger partial charge in [-0.3, -0.25) is 0 Å². The molecule has 0 saturated heterocycles. The first-order valence-electron chi connectivity index (χ1n) is 24.3. The first-order chi connectivity index (χ1) is 31.9. The Balaban J connectivity index is 0.000000168. The van der Waals surface area contributed by atoms with Crippen LogP contribution >= 0.6 is 0 Å². The molecule has 0 radical (unpaired) electrons. The number of benzene rings is 8. The van der Waals surface area contributed by atoms with E-state index in [1.807, 2.05) is 0 Å². The summed E-state index contributed by atoms with van der Waals surface area (Å²) in [6, 6.07) is 66.6. The molecule has 2 heteroatoms. The third-order valence-electron chi connectivity index (χ3n) is 14.5. The van der Waals surface area contributed by atoms with Crippen LogP contribution in [0.1, 0.15) is 110 Å². The molecule has 8 aromatic rings. The van der Waals surface area contributed by atoms with E-state index in [0.717, 1.165) is 6.42 Å². The van der Waals surface area contributed by atoms with Crippen molar-refractivity contribution in [2.45, 2.75) is 111 Å². The van der Waals surface area contributed by atoms with E-state index in [1.165, 1.54) is 101 Å². The zero-order chi connectivity index (χ0) is 47.5. The average molecular weight is 877 g/mol. The van der Waals surface area contributed by atoms with Crippen LogP contribution in [0.4, 0.5) is 22.7 Å². The van der Waals surface area contributed by atoms with Crippen LogP contribution in [0, 0.1) is 6.92 Å². The maximum atomic E-state index is 2.52.